The first-order valence-corrected chi connectivity index (χ1v) is 7.95. The van der Waals surface area contributed by atoms with Crippen molar-refractivity contribution in [2.24, 2.45) is 16.9 Å². The number of ether oxygens (including phenoxy) is 1. The van der Waals surface area contributed by atoms with Crippen LogP contribution in [-0.2, 0) is 9.53 Å². The van der Waals surface area contributed by atoms with Crippen LogP contribution in [-0.4, -0.2) is 46.1 Å². The molecule has 1 amide bonds. The number of carboxylic acid groups (broad SMARTS) is 1. The summed E-state index contributed by atoms with van der Waals surface area (Å²) in [7, 11) is 0. The number of nitrogens with one attached hydrogen (secondary N) is 1. The number of rotatable bonds is 2. The van der Waals surface area contributed by atoms with Crippen molar-refractivity contribution in [3.63, 3.8) is 0 Å². The summed E-state index contributed by atoms with van der Waals surface area (Å²) >= 11 is 0. The second-order valence-electron chi connectivity index (χ2n) is 6.68. The number of carbonyl (C=O) groups is 2. The third kappa shape index (κ3) is 2.32. The summed E-state index contributed by atoms with van der Waals surface area (Å²) in [6, 6.07) is 0. The van der Waals surface area contributed by atoms with Gasteiger partial charge in [-0.1, -0.05) is 12.8 Å². The Kier molecular flexibility index (Phi) is 3.74. The minimum atomic E-state index is -1.05. The highest BCUT2D eigenvalue weighted by Crippen LogP contribution is 2.44. The zero-order valence-corrected chi connectivity index (χ0v) is 13.0. The van der Waals surface area contributed by atoms with Crippen LogP contribution in [0.2, 0.25) is 0 Å². The number of hydrazone groups is 1. The number of carboxylic acids is 1. The van der Waals surface area contributed by atoms with Crippen LogP contribution in [0.1, 0.15) is 46.0 Å². The van der Waals surface area contributed by atoms with E-state index in [0.29, 0.717) is 0 Å². The molecule has 122 valence electrons. The van der Waals surface area contributed by atoms with Gasteiger partial charge in [0.05, 0.1) is 0 Å². The summed E-state index contributed by atoms with van der Waals surface area (Å²) in [4.78, 5) is 24.8. The predicted octanol–water partition coefficient (Wildman–Crippen LogP) is 1.78. The second kappa shape index (κ2) is 5.44. The minimum Gasteiger partial charge on any atom is -0.480 e. The Morgan fingerprint density at radius 2 is 2.18 bits per heavy atom. The van der Waals surface area contributed by atoms with E-state index in [1.54, 1.807) is 0 Å². The first kappa shape index (κ1) is 15.1. The van der Waals surface area contributed by atoms with Gasteiger partial charge in [0, 0.05) is 17.5 Å². The van der Waals surface area contributed by atoms with Gasteiger partial charge in [-0.25, -0.2) is 4.79 Å². The van der Waals surface area contributed by atoms with Gasteiger partial charge in [-0.15, -0.1) is 0 Å². The Labute approximate surface area is 129 Å². The molecule has 0 radical (unpaired) electrons. The standard InChI is InChI=1S/C15H23N3O4/c1-9-10-6-4-3-5-7-11-13(10)15(2,17-16-9)18(8-12(19)20)14(21)22-11/h10-11,13,17H,3-8H2,1-2H3,(H,19,20)/t10?,11-,13?,15-/m0/s1. The molecule has 2 N–H and O–H groups in total. The molecule has 3 rings (SSSR count). The molecule has 2 heterocycles. The maximum Gasteiger partial charge on any atom is 0.412 e. The molecule has 2 unspecified atom stereocenters. The number of hydrogen-bond donors (Lipinski definition) is 2. The van der Waals surface area contributed by atoms with E-state index in [9.17, 15) is 9.59 Å². The van der Waals surface area contributed by atoms with Crippen molar-refractivity contribution < 1.29 is 19.4 Å². The van der Waals surface area contributed by atoms with Crippen molar-refractivity contribution in [1.82, 2.24) is 10.3 Å². The molecule has 1 saturated carbocycles. The number of carbonyl (C=O) groups excluding carboxylic acids is 1. The number of hydrogen-bond acceptors (Lipinski definition) is 5. The highest BCUT2D eigenvalue weighted by Gasteiger charge is 2.57. The van der Waals surface area contributed by atoms with E-state index in [1.807, 2.05) is 13.8 Å². The summed E-state index contributed by atoms with van der Waals surface area (Å²) in [6.07, 6.45) is 4.40. The molecular formula is C15H23N3O4. The second-order valence-corrected chi connectivity index (χ2v) is 6.68. The van der Waals surface area contributed by atoms with Gasteiger partial charge in [0.2, 0.25) is 0 Å². The topological polar surface area (TPSA) is 91.2 Å². The fourth-order valence-electron chi connectivity index (χ4n) is 4.21. The van der Waals surface area contributed by atoms with Crippen molar-refractivity contribution in [2.45, 2.75) is 57.7 Å². The fourth-order valence-corrected chi connectivity index (χ4v) is 4.21. The number of aliphatic carboxylic acids is 1. The molecule has 2 aliphatic heterocycles. The summed E-state index contributed by atoms with van der Waals surface area (Å²) in [5, 5.41) is 13.5. The molecule has 22 heavy (non-hydrogen) atoms. The highest BCUT2D eigenvalue weighted by atomic mass is 16.6. The quantitative estimate of drug-likeness (QED) is 0.811. The molecule has 7 heteroatoms. The van der Waals surface area contributed by atoms with Crippen molar-refractivity contribution in [2.75, 3.05) is 6.54 Å². The zero-order chi connectivity index (χ0) is 15.9. The summed E-state index contributed by atoms with van der Waals surface area (Å²) < 4.78 is 5.62. The molecule has 0 aromatic carbocycles. The lowest BCUT2D eigenvalue weighted by Crippen LogP contribution is -2.72. The van der Waals surface area contributed by atoms with Gasteiger partial charge < -0.3 is 9.84 Å². The van der Waals surface area contributed by atoms with E-state index in [-0.39, 0.29) is 24.5 Å². The van der Waals surface area contributed by atoms with Gasteiger partial charge in [-0.05, 0) is 33.1 Å². The first-order chi connectivity index (χ1) is 10.4. The molecule has 0 bridgehead atoms. The molecule has 1 saturated heterocycles. The van der Waals surface area contributed by atoms with E-state index in [4.69, 9.17) is 9.84 Å². The van der Waals surface area contributed by atoms with Gasteiger partial charge in [0.25, 0.3) is 0 Å². The third-order valence-corrected chi connectivity index (χ3v) is 5.31. The van der Waals surface area contributed by atoms with Gasteiger partial charge in [0.15, 0.2) is 0 Å². The van der Waals surface area contributed by atoms with Gasteiger partial charge >= 0.3 is 12.1 Å². The lowest BCUT2D eigenvalue weighted by molar-refractivity contribution is -0.150. The van der Waals surface area contributed by atoms with E-state index in [1.165, 1.54) is 4.90 Å². The Bertz CT molecular complexity index is 521. The van der Waals surface area contributed by atoms with Crippen molar-refractivity contribution in [1.29, 1.82) is 0 Å². The third-order valence-electron chi connectivity index (χ3n) is 5.31. The van der Waals surface area contributed by atoms with Crippen LogP contribution in [0.3, 0.4) is 0 Å². The van der Waals surface area contributed by atoms with Crippen LogP contribution in [0.4, 0.5) is 4.79 Å². The predicted molar refractivity (Wildman–Crippen MR) is 79.3 cm³/mol. The Balaban J connectivity index is 2.01. The summed E-state index contributed by atoms with van der Waals surface area (Å²) in [5.41, 5.74) is 3.27. The zero-order valence-electron chi connectivity index (χ0n) is 13.0. The van der Waals surface area contributed by atoms with Crippen molar-refractivity contribution in [3.8, 4) is 0 Å². The van der Waals surface area contributed by atoms with Gasteiger partial charge in [-0.3, -0.25) is 15.1 Å². The molecule has 2 fully saturated rings. The van der Waals surface area contributed by atoms with Crippen LogP contribution >= 0.6 is 0 Å². The van der Waals surface area contributed by atoms with E-state index in [2.05, 4.69) is 10.5 Å². The Morgan fingerprint density at radius 1 is 1.45 bits per heavy atom. The molecule has 7 nitrogen and oxygen atoms in total. The summed E-state index contributed by atoms with van der Waals surface area (Å²) in [6.45, 7) is 3.49. The van der Waals surface area contributed by atoms with Gasteiger partial charge in [0.1, 0.15) is 18.3 Å². The molecule has 0 spiro atoms. The molecule has 1 aliphatic carbocycles. The van der Waals surface area contributed by atoms with Crippen LogP contribution in [0.5, 0.6) is 0 Å². The highest BCUT2D eigenvalue weighted by molar-refractivity contribution is 5.86. The van der Waals surface area contributed by atoms with Crippen molar-refractivity contribution in [3.05, 3.63) is 0 Å². The lowest BCUT2D eigenvalue weighted by Gasteiger charge is -2.56. The van der Waals surface area contributed by atoms with Crippen LogP contribution in [0, 0.1) is 11.8 Å². The van der Waals surface area contributed by atoms with Crippen LogP contribution in [0.25, 0.3) is 0 Å². The molecule has 0 aromatic rings. The lowest BCUT2D eigenvalue weighted by atomic mass is 9.69. The monoisotopic (exact) mass is 309 g/mol. The van der Waals surface area contributed by atoms with Gasteiger partial charge in [-0.2, -0.15) is 5.10 Å². The maximum atomic E-state index is 12.3. The molecular weight excluding hydrogens is 286 g/mol. The van der Waals surface area contributed by atoms with E-state index < -0.39 is 17.7 Å². The maximum absolute atomic E-state index is 12.3. The average molecular weight is 309 g/mol. The molecule has 4 atom stereocenters. The molecule has 3 aliphatic rings. The first-order valence-electron chi connectivity index (χ1n) is 7.95. The van der Waals surface area contributed by atoms with E-state index >= 15 is 0 Å². The Morgan fingerprint density at radius 3 is 2.91 bits per heavy atom. The van der Waals surface area contributed by atoms with Crippen LogP contribution in [0.15, 0.2) is 5.10 Å². The van der Waals surface area contributed by atoms with E-state index in [0.717, 1.165) is 37.8 Å². The summed E-state index contributed by atoms with van der Waals surface area (Å²) in [5.74, 6) is -0.796. The number of amides is 1. The molecule has 0 aromatic heterocycles. The largest absolute Gasteiger partial charge is 0.480 e. The number of nitrogens with zero attached hydrogens (tertiary/aromatic N) is 2. The minimum absolute atomic E-state index is 0.0300. The smallest absolute Gasteiger partial charge is 0.412 e. The normalized spacial score (nSPS) is 37.9. The average Bonchev–Trinajstić information content (AvgIpc) is 2.42. The fraction of sp³-hybridized carbons (Fsp3) is 0.800. The van der Waals surface area contributed by atoms with Crippen molar-refractivity contribution >= 4 is 17.8 Å². The SMILES string of the molecule is CC1=NN[C@]2(C)C3C1CCCCC[C@@H]3OC(=O)N2CC(=O)O. The Hall–Kier alpha value is -1.79. The van der Waals surface area contributed by atoms with Crippen LogP contribution < -0.4 is 5.43 Å².